The van der Waals surface area contributed by atoms with Crippen LogP contribution < -0.4 is 11.1 Å². The Kier molecular flexibility index (Phi) is 3.69. The number of hydrogen-bond acceptors (Lipinski definition) is 3. The molecule has 3 rings (SSSR count). The van der Waals surface area contributed by atoms with Crippen molar-refractivity contribution < 1.29 is 9.21 Å². The van der Waals surface area contributed by atoms with Crippen molar-refractivity contribution in [3.8, 4) is 0 Å². The molecule has 1 aromatic heterocycles. The first kappa shape index (κ1) is 13.7. The summed E-state index contributed by atoms with van der Waals surface area (Å²) in [6, 6.07) is 11.8. The summed E-state index contributed by atoms with van der Waals surface area (Å²) in [6.45, 7) is 2.91. The van der Waals surface area contributed by atoms with E-state index in [2.05, 4.69) is 18.3 Å². The van der Waals surface area contributed by atoms with Crippen molar-refractivity contribution in [3.63, 3.8) is 0 Å². The molecule has 3 N–H and O–H groups in total. The molecule has 1 fully saturated rings. The Labute approximate surface area is 124 Å². The normalized spacial score (nSPS) is 20.2. The molecule has 2 unspecified atom stereocenters. The molecule has 0 saturated heterocycles. The molecule has 1 heterocycles. The summed E-state index contributed by atoms with van der Waals surface area (Å²) in [6.07, 6.45) is 1.52. The molecule has 1 aromatic carbocycles. The van der Waals surface area contributed by atoms with Gasteiger partial charge in [0, 0.05) is 11.6 Å². The van der Waals surface area contributed by atoms with Crippen LogP contribution in [0, 0.1) is 5.92 Å². The van der Waals surface area contributed by atoms with E-state index in [4.69, 9.17) is 10.2 Å². The third kappa shape index (κ3) is 3.45. The molecule has 1 saturated carbocycles. The van der Waals surface area contributed by atoms with E-state index in [1.54, 1.807) is 0 Å². The van der Waals surface area contributed by atoms with Crippen LogP contribution in [-0.4, -0.2) is 5.91 Å². The lowest BCUT2D eigenvalue weighted by atomic mass is 10.1. The van der Waals surface area contributed by atoms with Crippen LogP contribution in [-0.2, 0) is 17.8 Å². The van der Waals surface area contributed by atoms with Crippen LogP contribution in [0.15, 0.2) is 40.8 Å². The van der Waals surface area contributed by atoms with Crippen LogP contribution in [0.2, 0.25) is 0 Å². The van der Waals surface area contributed by atoms with Crippen molar-refractivity contribution in [3.05, 3.63) is 53.5 Å². The number of carbonyl (C=O) groups excluding carboxylic acids is 1. The quantitative estimate of drug-likeness (QED) is 0.856. The third-order valence-corrected chi connectivity index (χ3v) is 3.96. The molecule has 1 aliphatic carbocycles. The Morgan fingerprint density at radius 1 is 1.29 bits per heavy atom. The fourth-order valence-electron chi connectivity index (χ4n) is 2.54. The van der Waals surface area contributed by atoms with E-state index in [1.807, 2.05) is 30.3 Å². The zero-order chi connectivity index (χ0) is 14.8. The van der Waals surface area contributed by atoms with Gasteiger partial charge in [0.2, 0.25) is 5.91 Å². The average molecular weight is 284 g/mol. The van der Waals surface area contributed by atoms with Crippen LogP contribution in [0.4, 0.5) is 5.69 Å². The van der Waals surface area contributed by atoms with E-state index < -0.39 is 0 Å². The van der Waals surface area contributed by atoms with E-state index in [0.717, 1.165) is 28.7 Å². The number of rotatable bonds is 6. The van der Waals surface area contributed by atoms with Crippen molar-refractivity contribution >= 4 is 11.6 Å². The number of furan rings is 1. The maximum absolute atomic E-state index is 10.8. The second-order valence-corrected chi connectivity index (χ2v) is 5.82. The summed E-state index contributed by atoms with van der Waals surface area (Å²) in [7, 11) is 0. The van der Waals surface area contributed by atoms with E-state index in [9.17, 15) is 4.79 Å². The molecule has 110 valence electrons. The van der Waals surface area contributed by atoms with Gasteiger partial charge in [0.05, 0.1) is 13.0 Å². The number of nitrogens with two attached hydrogens (primary N) is 1. The minimum Gasteiger partial charge on any atom is -0.464 e. The van der Waals surface area contributed by atoms with Gasteiger partial charge < -0.3 is 15.5 Å². The first-order chi connectivity index (χ1) is 10.1. The summed E-state index contributed by atoms with van der Waals surface area (Å²) >= 11 is 0. The molecule has 0 bridgehead atoms. The highest BCUT2D eigenvalue weighted by Gasteiger charge is 2.36. The first-order valence-electron chi connectivity index (χ1n) is 7.31. The van der Waals surface area contributed by atoms with Crippen molar-refractivity contribution in [1.29, 1.82) is 0 Å². The molecular weight excluding hydrogens is 264 g/mol. The average Bonchev–Trinajstić information content (AvgIpc) is 3.00. The molecule has 2 atom stereocenters. The topological polar surface area (TPSA) is 68.3 Å². The van der Waals surface area contributed by atoms with Gasteiger partial charge in [0.15, 0.2) is 0 Å². The van der Waals surface area contributed by atoms with Crippen molar-refractivity contribution in [2.75, 3.05) is 5.32 Å². The molecule has 1 aliphatic rings. The molecule has 21 heavy (non-hydrogen) atoms. The van der Waals surface area contributed by atoms with Crippen LogP contribution in [0.3, 0.4) is 0 Å². The van der Waals surface area contributed by atoms with Gasteiger partial charge >= 0.3 is 0 Å². The van der Waals surface area contributed by atoms with E-state index in [0.29, 0.717) is 12.5 Å². The van der Waals surface area contributed by atoms with Crippen LogP contribution >= 0.6 is 0 Å². The Bertz CT molecular complexity index is 630. The van der Waals surface area contributed by atoms with Gasteiger partial charge in [-0.3, -0.25) is 4.79 Å². The molecular formula is C17H20N2O2. The van der Waals surface area contributed by atoms with Crippen LogP contribution in [0.5, 0.6) is 0 Å². The Hall–Kier alpha value is -2.23. The maximum Gasteiger partial charge on any atom is 0.221 e. The summed E-state index contributed by atoms with van der Waals surface area (Å²) in [5.74, 6) is 3.12. The van der Waals surface area contributed by atoms with Crippen molar-refractivity contribution in [2.24, 2.45) is 11.7 Å². The lowest BCUT2D eigenvalue weighted by Crippen LogP contribution is -2.13. The van der Waals surface area contributed by atoms with E-state index >= 15 is 0 Å². The Balaban J connectivity index is 1.54. The maximum atomic E-state index is 10.8. The lowest BCUT2D eigenvalue weighted by molar-refractivity contribution is -0.117. The lowest BCUT2D eigenvalue weighted by Gasteiger charge is -2.05. The summed E-state index contributed by atoms with van der Waals surface area (Å²) in [5, 5.41) is 3.32. The van der Waals surface area contributed by atoms with E-state index in [-0.39, 0.29) is 12.3 Å². The molecule has 0 radical (unpaired) electrons. The van der Waals surface area contributed by atoms with Gasteiger partial charge in [-0.2, -0.15) is 0 Å². The third-order valence-electron chi connectivity index (χ3n) is 3.96. The number of nitrogens with one attached hydrogen (secondary N) is 1. The molecule has 0 spiro atoms. The molecule has 1 amide bonds. The van der Waals surface area contributed by atoms with Gasteiger partial charge in [-0.25, -0.2) is 0 Å². The zero-order valence-corrected chi connectivity index (χ0v) is 12.1. The largest absolute Gasteiger partial charge is 0.464 e. The number of benzene rings is 1. The van der Waals surface area contributed by atoms with Crippen molar-refractivity contribution in [2.45, 2.75) is 32.2 Å². The second-order valence-electron chi connectivity index (χ2n) is 5.82. The van der Waals surface area contributed by atoms with Gasteiger partial charge in [-0.05, 0) is 42.2 Å². The Morgan fingerprint density at radius 2 is 2.00 bits per heavy atom. The number of primary amides is 1. The predicted octanol–water partition coefficient (Wildman–Crippen LogP) is 3.04. The summed E-state index contributed by atoms with van der Waals surface area (Å²) in [4.78, 5) is 10.8. The minimum absolute atomic E-state index is 0.279. The highest BCUT2D eigenvalue weighted by Crippen LogP contribution is 2.47. The highest BCUT2D eigenvalue weighted by atomic mass is 16.3. The summed E-state index contributed by atoms with van der Waals surface area (Å²) in [5.41, 5.74) is 7.10. The molecule has 2 aromatic rings. The van der Waals surface area contributed by atoms with Gasteiger partial charge in [0.25, 0.3) is 0 Å². The smallest absolute Gasteiger partial charge is 0.221 e. The molecule has 4 nitrogen and oxygen atoms in total. The fraction of sp³-hybridized carbons (Fsp3) is 0.353. The van der Waals surface area contributed by atoms with Gasteiger partial charge in [-0.15, -0.1) is 0 Å². The van der Waals surface area contributed by atoms with Gasteiger partial charge in [0.1, 0.15) is 11.5 Å². The van der Waals surface area contributed by atoms with E-state index in [1.165, 1.54) is 6.42 Å². The molecule has 4 heteroatoms. The van der Waals surface area contributed by atoms with Crippen LogP contribution in [0.25, 0.3) is 0 Å². The highest BCUT2D eigenvalue weighted by molar-refractivity contribution is 5.76. The SMILES string of the molecule is CC1CC1c1ccc(CNc2ccc(CC(N)=O)cc2)o1. The number of amides is 1. The Morgan fingerprint density at radius 3 is 2.62 bits per heavy atom. The fourth-order valence-corrected chi connectivity index (χ4v) is 2.54. The van der Waals surface area contributed by atoms with Crippen LogP contribution in [0.1, 0.15) is 36.3 Å². The number of anilines is 1. The standard InChI is InChI=1S/C17H20N2O2/c1-11-8-15(11)16-7-6-14(21-16)10-19-13-4-2-12(3-5-13)9-17(18)20/h2-7,11,15,19H,8-10H2,1H3,(H2,18,20). The number of carbonyl (C=O) groups is 1. The predicted molar refractivity (Wildman–Crippen MR) is 81.9 cm³/mol. The minimum atomic E-state index is -0.312. The molecule has 0 aliphatic heterocycles. The summed E-state index contributed by atoms with van der Waals surface area (Å²) < 4.78 is 5.85. The number of hydrogen-bond donors (Lipinski definition) is 2. The van der Waals surface area contributed by atoms with Gasteiger partial charge in [-0.1, -0.05) is 19.1 Å². The second kappa shape index (κ2) is 5.64. The monoisotopic (exact) mass is 284 g/mol. The first-order valence-corrected chi connectivity index (χ1v) is 7.31. The van der Waals surface area contributed by atoms with Crippen molar-refractivity contribution in [1.82, 2.24) is 0 Å². The zero-order valence-electron chi connectivity index (χ0n) is 12.1.